The lowest BCUT2D eigenvalue weighted by Crippen LogP contribution is -2.45. The van der Waals surface area contributed by atoms with Gasteiger partial charge in [-0.1, -0.05) is 36.4 Å². The Morgan fingerprint density at radius 2 is 1.64 bits per heavy atom. The molecule has 0 N–H and O–H groups in total. The van der Waals surface area contributed by atoms with Gasteiger partial charge in [-0.3, -0.25) is 9.10 Å². The van der Waals surface area contributed by atoms with Crippen LogP contribution in [0.2, 0.25) is 0 Å². The van der Waals surface area contributed by atoms with Crippen molar-refractivity contribution in [1.82, 2.24) is 0 Å². The van der Waals surface area contributed by atoms with Crippen molar-refractivity contribution in [1.29, 1.82) is 0 Å². The zero-order valence-electron chi connectivity index (χ0n) is 18.0. The van der Waals surface area contributed by atoms with Gasteiger partial charge in [0, 0.05) is 18.3 Å². The van der Waals surface area contributed by atoms with Crippen molar-refractivity contribution < 1.29 is 22.7 Å². The molecule has 170 valence electrons. The molecule has 2 heterocycles. The highest BCUT2D eigenvalue weighted by Gasteiger charge is 2.31. The first-order valence-corrected chi connectivity index (χ1v) is 12.3. The third-order valence-corrected chi connectivity index (χ3v) is 7.62. The van der Waals surface area contributed by atoms with Crippen LogP contribution in [0.15, 0.2) is 77.7 Å². The van der Waals surface area contributed by atoms with Gasteiger partial charge in [0.25, 0.3) is 10.0 Å². The van der Waals surface area contributed by atoms with Crippen LogP contribution < -0.4 is 18.7 Å². The van der Waals surface area contributed by atoms with Crippen LogP contribution in [0.4, 0.5) is 11.4 Å². The Bertz CT molecular complexity index is 1280. The predicted octanol–water partition coefficient (Wildman–Crippen LogP) is 3.63. The highest BCUT2D eigenvalue weighted by molar-refractivity contribution is 7.92. The normalized spacial score (nSPS) is 15.0. The molecule has 1 amide bonds. The molecule has 0 atom stereocenters. The molecule has 0 unspecified atom stereocenters. The average molecular weight is 465 g/mol. The standard InChI is InChI=1S/C25H24N2O5S/c28-25(26-14-6-8-19-7-4-5-11-22(19)26)18-27(33(29,30)21-9-2-1-3-10-21)20-12-13-23-24(17-20)32-16-15-31-23/h1-5,7,9-13,17H,6,8,14-16,18H2. The van der Waals surface area contributed by atoms with Crippen molar-refractivity contribution in [2.24, 2.45) is 0 Å². The van der Waals surface area contributed by atoms with Crippen LogP contribution in [0, 0.1) is 0 Å². The Hall–Kier alpha value is -3.52. The van der Waals surface area contributed by atoms with E-state index < -0.39 is 10.0 Å². The van der Waals surface area contributed by atoms with E-state index in [0.29, 0.717) is 36.9 Å². The lowest BCUT2D eigenvalue weighted by Gasteiger charge is -2.32. The summed E-state index contributed by atoms with van der Waals surface area (Å²) < 4.78 is 39.7. The molecule has 0 bridgehead atoms. The van der Waals surface area contributed by atoms with Gasteiger partial charge >= 0.3 is 0 Å². The van der Waals surface area contributed by atoms with Gasteiger partial charge in [0.15, 0.2) is 11.5 Å². The number of hydrogen-bond acceptors (Lipinski definition) is 5. The van der Waals surface area contributed by atoms with Crippen LogP contribution in [0.25, 0.3) is 0 Å². The summed E-state index contributed by atoms with van der Waals surface area (Å²) in [4.78, 5) is 15.3. The van der Waals surface area contributed by atoms with Gasteiger partial charge in [-0.2, -0.15) is 0 Å². The first-order valence-electron chi connectivity index (χ1n) is 10.9. The third-order valence-electron chi connectivity index (χ3n) is 5.84. The minimum atomic E-state index is -4.00. The van der Waals surface area contributed by atoms with E-state index in [1.165, 1.54) is 12.1 Å². The van der Waals surface area contributed by atoms with Gasteiger partial charge in [-0.15, -0.1) is 0 Å². The molecule has 0 aromatic heterocycles. The molecule has 0 radical (unpaired) electrons. The summed E-state index contributed by atoms with van der Waals surface area (Å²) in [5, 5.41) is 0. The number of amides is 1. The highest BCUT2D eigenvalue weighted by Crippen LogP contribution is 2.36. The van der Waals surface area contributed by atoms with E-state index in [9.17, 15) is 13.2 Å². The van der Waals surface area contributed by atoms with Crippen molar-refractivity contribution in [2.75, 3.05) is 35.5 Å². The van der Waals surface area contributed by atoms with Gasteiger partial charge in [0.2, 0.25) is 5.91 Å². The van der Waals surface area contributed by atoms with E-state index in [4.69, 9.17) is 9.47 Å². The number of fused-ring (bicyclic) bond motifs is 2. The molecular formula is C25H24N2O5S. The number of aryl methyl sites for hydroxylation is 1. The Balaban J connectivity index is 1.53. The Labute approximate surface area is 193 Å². The monoisotopic (exact) mass is 464 g/mol. The fourth-order valence-corrected chi connectivity index (χ4v) is 5.65. The number of rotatable bonds is 5. The second-order valence-electron chi connectivity index (χ2n) is 7.93. The maximum absolute atomic E-state index is 13.6. The smallest absolute Gasteiger partial charge is 0.264 e. The number of anilines is 2. The van der Waals surface area contributed by atoms with E-state index in [1.54, 1.807) is 41.3 Å². The second kappa shape index (κ2) is 8.78. The molecule has 7 nitrogen and oxygen atoms in total. The summed E-state index contributed by atoms with van der Waals surface area (Å²) in [6.07, 6.45) is 1.73. The van der Waals surface area contributed by atoms with Crippen molar-refractivity contribution in [3.05, 3.63) is 78.4 Å². The van der Waals surface area contributed by atoms with Gasteiger partial charge in [0.05, 0.1) is 10.6 Å². The van der Waals surface area contributed by atoms with Crippen molar-refractivity contribution in [2.45, 2.75) is 17.7 Å². The molecule has 3 aromatic rings. The minimum Gasteiger partial charge on any atom is -0.486 e. The number of sulfonamides is 1. The van der Waals surface area contributed by atoms with Crippen LogP contribution in [0.1, 0.15) is 12.0 Å². The molecule has 0 saturated carbocycles. The summed E-state index contributed by atoms with van der Waals surface area (Å²) in [7, 11) is -4.00. The topological polar surface area (TPSA) is 76.1 Å². The van der Waals surface area contributed by atoms with Crippen molar-refractivity contribution in [3.8, 4) is 11.5 Å². The number of nitrogens with zero attached hydrogens (tertiary/aromatic N) is 2. The molecule has 5 rings (SSSR count). The SMILES string of the molecule is O=C(CN(c1ccc2c(c1)OCCO2)S(=O)(=O)c1ccccc1)N1CCCc2ccccc21. The fourth-order valence-electron chi connectivity index (χ4n) is 4.22. The summed E-state index contributed by atoms with van der Waals surface area (Å²) >= 11 is 0. The van der Waals surface area contributed by atoms with Crippen LogP contribution in [0.5, 0.6) is 11.5 Å². The zero-order valence-corrected chi connectivity index (χ0v) is 18.8. The van der Waals surface area contributed by atoms with Crippen molar-refractivity contribution >= 4 is 27.3 Å². The molecule has 0 saturated heterocycles. The number of carbonyl (C=O) groups excluding carboxylic acids is 1. The van der Waals surface area contributed by atoms with Crippen molar-refractivity contribution in [3.63, 3.8) is 0 Å². The largest absolute Gasteiger partial charge is 0.486 e. The first kappa shape index (κ1) is 21.3. The lowest BCUT2D eigenvalue weighted by molar-refractivity contribution is -0.117. The van der Waals surface area contributed by atoms with E-state index in [2.05, 4.69) is 0 Å². The van der Waals surface area contributed by atoms with E-state index in [-0.39, 0.29) is 17.3 Å². The molecular weight excluding hydrogens is 440 g/mol. The van der Waals surface area contributed by atoms with Crippen LogP contribution in [-0.4, -0.2) is 40.6 Å². The number of benzene rings is 3. The molecule has 0 spiro atoms. The molecule has 8 heteroatoms. The molecule has 3 aromatic carbocycles. The predicted molar refractivity (Wildman–Crippen MR) is 126 cm³/mol. The third kappa shape index (κ3) is 4.14. The number of ether oxygens (including phenoxy) is 2. The van der Waals surface area contributed by atoms with Gasteiger partial charge < -0.3 is 14.4 Å². The molecule has 2 aliphatic heterocycles. The number of hydrogen-bond donors (Lipinski definition) is 0. The quantitative estimate of drug-likeness (QED) is 0.576. The molecule has 0 aliphatic carbocycles. The van der Waals surface area contributed by atoms with Gasteiger partial charge in [-0.05, 0) is 48.7 Å². The second-order valence-corrected chi connectivity index (χ2v) is 9.79. The van der Waals surface area contributed by atoms with Crippen LogP contribution >= 0.6 is 0 Å². The maximum Gasteiger partial charge on any atom is 0.264 e. The fraction of sp³-hybridized carbons (Fsp3) is 0.240. The van der Waals surface area contributed by atoms with E-state index in [0.717, 1.165) is 28.4 Å². The first-order chi connectivity index (χ1) is 16.0. The molecule has 33 heavy (non-hydrogen) atoms. The van der Waals surface area contributed by atoms with Crippen LogP contribution in [-0.2, 0) is 21.2 Å². The van der Waals surface area contributed by atoms with E-state index in [1.807, 2.05) is 24.3 Å². The van der Waals surface area contributed by atoms with Gasteiger partial charge in [0.1, 0.15) is 19.8 Å². The summed E-state index contributed by atoms with van der Waals surface area (Å²) in [5.41, 5.74) is 2.28. The Morgan fingerprint density at radius 3 is 2.45 bits per heavy atom. The Morgan fingerprint density at radius 1 is 0.909 bits per heavy atom. The van der Waals surface area contributed by atoms with Gasteiger partial charge in [-0.25, -0.2) is 8.42 Å². The average Bonchev–Trinajstić information content (AvgIpc) is 2.87. The summed E-state index contributed by atoms with van der Waals surface area (Å²) in [6.45, 7) is 1.04. The number of para-hydroxylation sites is 1. The Kier molecular flexibility index (Phi) is 5.68. The highest BCUT2D eigenvalue weighted by atomic mass is 32.2. The zero-order chi connectivity index (χ0) is 22.8. The van der Waals surface area contributed by atoms with Crippen LogP contribution in [0.3, 0.4) is 0 Å². The summed E-state index contributed by atoms with van der Waals surface area (Å²) in [5.74, 6) is 0.734. The summed E-state index contributed by atoms with van der Waals surface area (Å²) in [6, 6.07) is 20.8. The number of carbonyl (C=O) groups is 1. The maximum atomic E-state index is 13.6. The minimum absolute atomic E-state index is 0.117. The molecule has 0 fully saturated rings. The lowest BCUT2D eigenvalue weighted by atomic mass is 10.0. The molecule has 2 aliphatic rings. The van der Waals surface area contributed by atoms with E-state index >= 15 is 0 Å².